The second kappa shape index (κ2) is 10.4. The van der Waals surface area contributed by atoms with Crippen molar-refractivity contribution >= 4 is 29.7 Å². The minimum atomic E-state index is -1.42. The largest absolute Gasteiger partial charge is 0.469 e. The number of epoxide rings is 1. The van der Waals surface area contributed by atoms with Crippen molar-refractivity contribution in [3.63, 3.8) is 0 Å². The van der Waals surface area contributed by atoms with E-state index in [0.717, 1.165) is 0 Å². The summed E-state index contributed by atoms with van der Waals surface area (Å²) in [6.07, 6.45) is 0.643. The van der Waals surface area contributed by atoms with Crippen molar-refractivity contribution in [3.05, 3.63) is 36.0 Å². The highest BCUT2D eigenvalue weighted by molar-refractivity contribution is 5.96. The van der Waals surface area contributed by atoms with Crippen LogP contribution in [0.4, 0.5) is 0 Å². The second-order valence-corrected chi connectivity index (χ2v) is 14.0. The molecule has 0 unspecified atom stereocenters. The van der Waals surface area contributed by atoms with Crippen LogP contribution in [0.2, 0.25) is 0 Å². The molecular weight excluding hydrogens is 572 g/mol. The predicted molar refractivity (Wildman–Crippen MR) is 153 cm³/mol. The van der Waals surface area contributed by atoms with Gasteiger partial charge >= 0.3 is 23.9 Å². The number of aliphatic hydroxyl groups excluding tert-OH is 1. The van der Waals surface area contributed by atoms with Gasteiger partial charge in [-0.3, -0.25) is 19.2 Å². The third kappa shape index (κ3) is 4.33. The van der Waals surface area contributed by atoms with E-state index in [1.165, 1.54) is 26.2 Å². The SMILES string of the molecule is C=C1[C@@H]([C@@]2(C)C=CC(=O)C(C)(C)[C@@H]2CC(=O)OC)[C@@H](OC(C)=O)[C@H](OC(=O)C(C)C)[C@@]2(C)[C@H](C3=C[C@@H](O)OC3=O)C[C@H]3O[C@]132. The van der Waals surface area contributed by atoms with Crippen molar-refractivity contribution in [1.82, 2.24) is 0 Å². The van der Waals surface area contributed by atoms with Crippen LogP contribution in [0.3, 0.4) is 0 Å². The summed E-state index contributed by atoms with van der Waals surface area (Å²) in [5.41, 5.74) is -3.59. The third-order valence-electron chi connectivity index (χ3n) is 11.1. The van der Waals surface area contributed by atoms with Gasteiger partial charge in [0.1, 0.15) is 17.8 Å². The summed E-state index contributed by atoms with van der Waals surface area (Å²) >= 11 is 0. The van der Waals surface area contributed by atoms with Crippen LogP contribution >= 0.6 is 0 Å². The third-order valence-corrected chi connectivity index (χ3v) is 11.1. The van der Waals surface area contributed by atoms with Gasteiger partial charge < -0.3 is 28.8 Å². The van der Waals surface area contributed by atoms with Gasteiger partial charge in [0.25, 0.3) is 0 Å². The van der Waals surface area contributed by atoms with E-state index in [4.69, 9.17) is 23.7 Å². The second-order valence-electron chi connectivity index (χ2n) is 14.0. The van der Waals surface area contributed by atoms with Crippen LogP contribution in [-0.2, 0) is 47.7 Å². The zero-order valence-electron chi connectivity index (χ0n) is 26.5. The van der Waals surface area contributed by atoms with Gasteiger partial charge in [0, 0.05) is 35.2 Å². The van der Waals surface area contributed by atoms with Crippen LogP contribution in [0, 0.1) is 39.9 Å². The van der Waals surface area contributed by atoms with Crippen LogP contribution < -0.4 is 0 Å². The van der Waals surface area contributed by atoms with E-state index in [0.29, 0.717) is 12.0 Å². The fraction of sp³-hybridized carbons (Fsp3) is 0.667. The number of rotatable bonds is 7. The zero-order chi connectivity index (χ0) is 32.7. The first kappa shape index (κ1) is 32.1. The van der Waals surface area contributed by atoms with E-state index >= 15 is 0 Å². The molecule has 0 aromatic carbocycles. The van der Waals surface area contributed by atoms with E-state index < -0.39 is 94.0 Å². The van der Waals surface area contributed by atoms with Gasteiger partial charge in [-0.1, -0.05) is 54.2 Å². The maximum atomic E-state index is 13.4. The quantitative estimate of drug-likeness (QED) is 0.195. The molecule has 5 aliphatic rings. The summed E-state index contributed by atoms with van der Waals surface area (Å²) < 4.78 is 28.9. The Bertz CT molecular complexity index is 1390. The van der Waals surface area contributed by atoms with Crippen LogP contribution in [0.25, 0.3) is 0 Å². The number of aliphatic hydroxyl groups is 1. The van der Waals surface area contributed by atoms with Crippen LogP contribution in [-0.4, -0.2) is 72.1 Å². The van der Waals surface area contributed by atoms with Gasteiger partial charge in [0.15, 0.2) is 5.78 Å². The van der Waals surface area contributed by atoms with Crippen molar-refractivity contribution < 1.29 is 52.8 Å². The molecular formula is C33H42O11. The summed E-state index contributed by atoms with van der Waals surface area (Å²) in [5.74, 6) is -5.15. The number of carbonyl (C=O) groups excluding carboxylic acids is 5. The topological polar surface area (TPSA) is 155 Å². The van der Waals surface area contributed by atoms with Gasteiger partial charge in [0.05, 0.1) is 31.0 Å². The van der Waals surface area contributed by atoms with Gasteiger partial charge in [-0.2, -0.15) is 0 Å². The minimum Gasteiger partial charge on any atom is -0.469 e. The molecule has 1 N–H and O–H groups in total. The Morgan fingerprint density at radius 1 is 1.14 bits per heavy atom. The number of hydrogen-bond acceptors (Lipinski definition) is 11. The van der Waals surface area contributed by atoms with Crippen molar-refractivity contribution in [1.29, 1.82) is 0 Å². The summed E-state index contributed by atoms with van der Waals surface area (Å²) in [7, 11) is 1.28. The normalized spacial score (nSPS) is 41.8. The smallest absolute Gasteiger partial charge is 0.336 e. The molecule has 240 valence electrons. The van der Waals surface area contributed by atoms with E-state index in [1.807, 2.05) is 13.8 Å². The first-order chi connectivity index (χ1) is 20.4. The van der Waals surface area contributed by atoms with E-state index in [2.05, 4.69) is 6.58 Å². The zero-order valence-corrected chi connectivity index (χ0v) is 26.5. The summed E-state index contributed by atoms with van der Waals surface area (Å²) in [6.45, 7) is 16.4. The lowest BCUT2D eigenvalue weighted by atomic mass is 9.46. The number of ether oxygens (including phenoxy) is 5. The Balaban J connectivity index is 1.74. The highest BCUT2D eigenvalue weighted by Crippen LogP contribution is 2.76. The van der Waals surface area contributed by atoms with Crippen LogP contribution in [0.15, 0.2) is 36.0 Å². The van der Waals surface area contributed by atoms with Crippen molar-refractivity contribution in [2.75, 3.05) is 7.11 Å². The minimum absolute atomic E-state index is 0.114. The first-order valence-corrected chi connectivity index (χ1v) is 15.0. The molecule has 3 fully saturated rings. The van der Waals surface area contributed by atoms with Gasteiger partial charge in [-0.25, -0.2) is 4.79 Å². The predicted octanol–water partition coefficient (Wildman–Crippen LogP) is 2.99. The number of cyclic esters (lactones) is 1. The molecule has 2 saturated carbocycles. The fourth-order valence-electron chi connectivity index (χ4n) is 8.80. The Morgan fingerprint density at radius 2 is 1.80 bits per heavy atom. The average Bonchev–Trinajstić information content (AvgIpc) is 3.48. The lowest BCUT2D eigenvalue weighted by Crippen LogP contribution is -2.67. The molecule has 0 amide bonds. The number of carbonyl (C=O) groups is 5. The monoisotopic (exact) mass is 614 g/mol. The molecule has 3 aliphatic carbocycles. The van der Waals surface area contributed by atoms with E-state index in [1.54, 1.807) is 33.8 Å². The molecule has 11 nitrogen and oxygen atoms in total. The molecule has 2 aliphatic heterocycles. The average molecular weight is 615 g/mol. The maximum absolute atomic E-state index is 13.4. The van der Waals surface area contributed by atoms with Crippen molar-refractivity contribution in [2.24, 2.45) is 39.9 Å². The standard InChI is InChI=1S/C33H42O11/c1-15(2)28(38)43-27-26(41-17(4)34)25(31(7)11-10-21(35)30(5,6)20(31)14-23(36)40-9)16(3)33-22(44-33)13-19(32(27,33)8)18-12-24(37)42-29(18)39/h10-12,15,19-20,22,24-27,37H,3,13-14H2,1-2,4-9H3/t19-,20-,22+,24-,25+,26+,27-,31-,32+,33+/m0/s1. The molecule has 10 atom stereocenters. The molecule has 1 saturated heterocycles. The number of hydrogen-bond donors (Lipinski definition) is 1. The van der Waals surface area contributed by atoms with Crippen molar-refractivity contribution in [3.8, 4) is 0 Å². The number of allylic oxidation sites excluding steroid dienone is 2. The van der Waals surface area contributed by atoms with Gasteiger partial charge in [0.2, 0.25) is 6.29 Å². The van der Waals surface area contributed by atoms with E-state index in [-0.39, 0.29) is 17.8 Å². The Labute approximate surface area is 256 Å². The highest BCUT2D eigenvalue weighted by atomic mass is 16.6. The van der Waals surface area contributed by atoms with E-state index in [9.17, 15) is 29.1 Å². The van der Waals surface area contributed by atoms with Gasteiger partial charge in [-0.05, 0) is 30.1 Å². The molecule has 0 radical (unpaired) electrons. The molecule has 0 aromatic rings. The molecule has 2 heterocycles. The molecule has 1 spiro atoms. The lowest BCUT2D eigenvalue weighted by molar-refractivity contribution is -0.212. The highest BCUT2D eigenvalue weighted by Gasteiger charge is 2.84. The van der Waals surface area contributed by atoms with Crippen LogP contribution in [0.1, 0.15) is 61.3 Å². The Kier molecular flexibility index (Phi) is 7.56. The number of esters is 4. The van der Waals surface area contributed by atoms with Crippen molar-refractivity contribution in [2.45, 2.75) is 91.5 Å². The summed E-state index contributed by atoms with van der Waals surface area (Å²) in [4.78, 5) is 65.2. The Hall–Kier alpha value is -3.31. The molecule has 5 rings (SSSR count). The Morgan fingerprint density at radius 3 is 2.34 bits per heavy atom. The lowest BCUT2D eigenvalue weighted by Gasteiger charge is -2.59. The molecule has 0 aromatic heterocycles. The fourth-order valence-corrected chi connectivity index (χ4v) is 8.80. The van der Waals surface area contributed by atoms with Gasteiger partial charge in [-0.15, -0.1) is 0 Å². The molecule has 11 heteroatoms. The summed E-state index contributed by atoms with van der Waals surface area (Å²) in [5, 5.41) is 10.1. The number of methoxy groups -OCH3 is 1. The molecule has 0 bridgehead atoms. The first-order valence-electron chi connectivity index (χ1n) is 15.0. The maximum Gasteiger partial charge on any atom is 0.336 e. The molecule has 44 heavy (non-hydrogen) atoms. The number of ketones is 1. The van der Waals surface area contributed by atoms with Crippen LogP contribution in [0.5, 0.6) is 0 Å². The summed E-state index contributed by atoms with van der Waals surface area (Å²) in [6, 6.07) is 0.